The fraction of sp³-hybridized carbons (Fsp3) is 0.333. The Morgan fingerprint density at radius 2 is 1.96 bits per heavy atom. The predicted molar refractivity (Wildman–Crippen MR) is 108 cm³/mol. The zero-order valence-electron chi connectivity index (χ0n) is 15.3. The molecule has 3 rings (SSSR count). The summed E-state index contributed by atoms with van der Waals surface area (Å²) in [6, 6.07) is 13.5. The van der Waals surface area contributed by atoms with Crippen LogP contribution in [-0.2, 0) is 6.54 Å². The molecule has 4 heteroatoms. The van der Waals surface area contributed by atoms with Gasteiger partial charge in [-0.15, -0.1) is 11.8 Å². The average Bonchev–Trinajstić information content (AvgIpc) is 2.58. The second-order valence-electron chi connectivity index (χ2n) is 6.58. The first-order chi connectivity index (χ1) is 12.0. The predicted octanol–water partition coefficient (Wildman–Crippen LogP) is 5.61. The second kappa shape index (κ2) is 7.52. The highest BCUT2D eigenvalue weighted by molar-refractivity contribution is 8.03. The summed E-state index contributed by atoms with van der Waals surface area (Å²) in [7, 11) is 4.12. The first-order valence-corrected chi connectivity index (χ1v) is 9.66. The van der Waals surface area contributed by atoms with E-state index in [0.717, 1.165) is 11.3 Å². The molecule has 0 amide bonds. The van der Waals surface area contributed by atoms with Crippen LogP contribution < -0.4 is 9.80 Å². The number of halogens is 1. The summed E-state index contributed by atoms with van der Waals surface area (Å²) in [6.45, 7) is 5.08. The summed E-state index contributed by atoms with van der Waals surface area (Å²) in [4.78, 5) is 4.45. The number of anilines is 2. The SMILES string of the molecule is CCSC1=CC(C)c2ccc(N(C)C)cc2N1Cc1cccc(F)c1. The molecular formula is C21H25FN2S. The lowest BCUT2D eigenvalue weighted by molar-refractivity contribution is 0.625. The van der Waals surface area contributed by atoms with E-state index in [2.05, 4.69) is 62.0 Å². The number of fused-ring (bicyclic) bond motifs is 1. The molecule has 1 heterocycles. The van der Waals surface area contributed by atoms with Crippen LogP contribution in [0.25, 0.3) is 0 Å². The summed E-state index contributed by atoms with van der Waals surface area (Å²) < 4.78 is 13.6. The Bertz CT molecular complexity index is 785. The summed E-state index contributed by atoms with van der Waals surface area (Å²) in [5, 5.41) is 1.25. The largest absolute Gasteiger partial charge is 0.378 e. The minimum atomic E-state index is -0.182. The van der Waals surface area contributed by atoms with Crippen molar-refractivity contribution in [2.24, 2.45) is 0 Å². The molecule has 0 fully saturated rings. The van der Waals surface area contributed by atoms with Gasteiger partial charge in [-0.2, -0.15) is 0 Å². The van der Waals surface area contributed by atoms with E-state index >= 15 is 0 Å². The summed E-state index contributed by atoms with van der Waals surface area (Å²) in [6.07, 6.45) is 2.32. The molecule has 0 radical (unpaired) electrons. The minimum Gasteiger partial charge on any atom is -0.378 e. The van der Waals surface area contributed by atoms with Gasteiger partial charge in [0.25, 0.3) is 0 Å². The van der Waals surface area contributed by atoms with Gasteiger partial charge in [-0.3, -0.25) is 0 Å². The van der Waals surface area contributed by atoms with Crippen molar-refractivity contribution >= 4 is 23.1 Å². The Balaban J connectivity index is 2.05. The van der Waals surface area contributed by atoms with Crippen LogP contribution in [-0.4, -0.2) is 19.8 Å². The summed E-state index contributed by atoms with van der Waals surface area (Å²) in [5.74, 6) is 1.21. The van der Waals surface area contributed by atoms with Crippen LogP contribution in [0.3, 0.4) is 0 Å². The molecule has 1 aliphatic rings. The maximum absolute atomic E-state index is 13.6. The van der Waals surface area contributed by atoms with E-state index < -0.39 is 0 Å². The second-order valence-corrected chi connectivity index (χ2v) is 7.86. The maximum Gasteiger partial charge on any atom is 0.123 e. The fourth-order valence-corrected chi connectivity index (χ4v) is 4.11. The summed E-state index contributed by atoms with van der Waals surface area (Å²) >= 11 is 1.85. The van der Waals surface area contributed by atoms with E-state index in [9.17, 15) is 4.39 Å². The van der Waals surface area contributed by atoms with E-state index in [0.29, 0.717) is 12.5 Å². The molecule has 0 bridgehead atoms. The van der Waals surface area contributed by atoms with Gasteiger partial charge < -0.3 is 9.80 Å². The molecule has 2 aromatic carbocycles. The number of allylic oxidation sites excluding steroid dienone is 1. The molecule has 2 nitrogen and oxygen atoms in total. The molecule has 0 saturated heterocycles. The third-order valence-corrected chi connectivity index (χ3v) is 5.43. The van der Waals surface area contributed by atoms with Gasteiger partial charge in [0.2, 0.25) is 0 Å². The molecule has 0 aromatic heterocycles. The van der Waals surface area contributed by atoms with Gasteiger partial charge in [0.05, 0.1) is 5.03 Å². The monoisotopic (exact) mass is 356 g/mol. The Morgan fingerprint density at radius 1 is 1.16 bits per heavy atom. The molecule has 132 valence electrons. The zero-order chi connectivity index (χ0) is 18.0. The van der Waals surface area contributed by atoms with Gasteiger partial charge >= 0.3 is 0 Å². The van der Waals surface area contributed by atoms with Crippen molar-refractivity contribution in [1.82, 2.24) is 0 Å². The first-order valence-electron chi connectivity index (χ1n) is 8.67. The number of hydrogen-bond acceptors (Lipinski definition) is 3. The zero-order valence-corrected chi connectivity index (χ0v) is 16.1. The van der Waals surface area contributed by atoms with Gasteiger partial charge in [0, 0.05) is 37.9 Å². The van der Waals surface area contributed by atoms with Crippen molar-refractivity contribution in [1.29, 1.82) is 0 Å². The number of benzene rings is 2. The van der Waals surface area contributed by atoms with Gasteiger partial charge in [-0.25, -0.2) is 4.39 Å². The van der Waals surface area contributed by atoms with Crippen molar-refractivity contribution < 1.29 is 4.39 Å². The molecule has 0 N–H and O–H groups in total. The third-order valence-electron chi connectivity index (χ3n) is 4.49. The highest BCUT2D eigenvalue weighted by Crippen LogP contribution is 2.42. The van der Waals surface area contributed by atoms with Crippen LogP contribution in [0.1, 0.15) is 30.9 Å². The smallest absolute Gasteiger partial charge is 0.123 e. The molecule has 2 aromatic rings. The molecule has 1 atom stereocenters. The number of thioether (sulfide) groups is 1. The fourth-order valence-electron chi connectivity index (χ4n) is 3.20. The highest BCUT2D eigenvalue weighted by atomic mass is 32.2. The standard InChI is InChI=1S/C21H25FN2S/c1-5-25-21-11-15(2)19-10-9-18(23(3)4)13-20(19)24(21)14-16-7-6-8-17(22)12-16/h6-13,15H,5,14H2,1-4H3. The van der Waals surface area contributed by atoms with Crippen LogP contribution >= 0.6 is 11.8 Å². The molecular weight excluding hydrogens is 331 g/mol. The number of nitrogens with zero attached hydrogens (tertiary/aromatic N) is 2. The molecule has 1 unspecified atom stereocenters. The molecule has 0 aliphatic carbocycles. The van der Waals surface area contributed by atoms with Crippen LogP contribution in [0.4, 0.5) is 15.8 Å². The van der Waals surface area contributed by atoms with E-state index in [1.54, 1.807) is 12.1 Å². The minimum absolute atomic E-state index is 0.182. The molecule has 0 spiro atoms. The van der Waals surface area contributed by atoms with Gasteiger partial charge in [0.15, 0.2) is 0 Å². The van der Waals surface area contributed by atoms with Gasteiger partial charge in [0.1, 0.15) is 5.82 Å². The van der Waals surface area contributed by atoms with Crippen LogP contribution in [0, 0.1) is 5.82 Å². The van der Waals surface area contributed by atoms with E-state index in [-0.39, 0.29) is 5.82 Å². The maximum atomic E-state index is 13.6. The Morgan fingerprint density at radius 3 is 2.64 bits per heavy atom. The number of rotatable bonds is 5. The van der Waals surface area contributed by atoms with Crippen molar-refractivity contribution in [2.45, 2.75) is 26.3 Å². The lowest BCUT2D eigenvalue weighted by Crippen LogP contribution is -2.26. The topological polar surface area (TPSA) is 6.48 Å². The average molecular weight is 357 g/mol. The molecule has 25 heavy (non-hydrogen) atoms. The Hall–Kier alpha value is -1.94. The molecule has 0 saturated carbocycles. The van der Waals surface area contributed by atoms with Crippen molar-refractivity contribution in [3.8, 4) is 0 Å². The lowest BCUT2D eigenvalue weighted by atomic mass is 9.94. The van der Waals surface area contributed by atoms with Crippen molar-refractivity contribution in [2.75, 3.05) is 29.6 Å². The van der Waals surface area contributed by atoms with Crippen LogP contribution in [0.2, 0.25) is 0 Å². The highest BCUT2D eigenvalue weighted by Gasteiger charge is 2.25. The first kappa shape index (κ1) is 17.9. The normalized spacial score (nSPS) is 16.4. The van der Waals surface area contributed by atoms with Crippen LogP contribution in [0.5, 0.6) is 0 Å². The Labute approximate surface area is 154 Å². The molecule has 1 aliphatic heterocycles. The Kier molecular flexibility index (Phi) is 5.38. The van der Waals surface area contributed by atoms with E-state index in [1.807, 2.05) is 17.8 Å². The lowest BCUT2D eigenvalue weighted by Gasteiger charge is -2.35. The third kappa shape index (κ3) is 3.84. The quantitative estimate of drug-likeness (QED) is 0.687. The van der Waals surface area contributed by atoms with E-state index in [1.165, 1.54) is 28.0 Å². The summed E-state index contributed by atoms with van der Waals surface area (Å²) in [5.41, 5.74) is 4.71. The van der Waals surface area contributed by atoms with Gasteiger partial charge in [-0.1, -0.05) is 32.0 Å². The van der Waals surface area contributed by atoms with Gasteiger partial charge in [-0.05, 0) is 47.2 Å². The number of hydrogen-bond donors (Lipinski definition) is 0. The van der Waals surface area contributed by atoms with Crippen LogP contribution in [0.15, 0.2) is 53.6 Å². The van der Waals surface area contributed by atoms with Crippen molar-refractivity contribution in [3.63, 3.8) is 0 Å². The van der Waals surface area contributed by atoms with Crippen molar-refractivity contribution in [3.05, 3.63) is 70.5 Å². The van der Waals surface area contributed by atoms with E-state index in [4.69, 9.17) is 0 Å².